The van der Waals surface area contributed by atoms with Crippen molar-refractivity contribution in [2.24, 2.45) is 7.05 Å². The number of ether oxygens (including phenoxy) is 1. The molecule has 136 valence electrons. The van der Waals surface area contributed by atoms with Gasteiger partial charge in [0.05, 0.1) is 16.8 Å². The first-order valence-corrected chi connectivity index (χ1v) is 9.64. The van der Waals surface area contributed by atoms with Gasteiger partial charge in [0, 0.05) is 18.3 Å². The van der Waals surface area contributed by atoms with Crippen molar-refractivity contribution >= 4 is 15.7 Å². The zero-order chi connectivity index (χ0) is 18.7. The Hall–Kier alpha value is -2.80. The fraction of sp³-hybridized carbons (Fsp3) is 0.211. The fourth-order valence-electron chi connectivity index (χ4n) is 2.44. The lowest BCUT2D eigenvalue weighted by atomic mass is 10.2. The highest BCUT2D eigenvalue weighted by Gasteiger charge is 2.16. The van der Waals surface area contributed by atoms with Gasteiger partial charge in [-0.05, 0) is 38.1 Å². The second-order valence-corrected chi connectivity index (χ2v) is 7.76. The van der Waals surface area contributed by atoms with Gasteiger partial charge in [0.25, 0.3) is 10.0 Å². The van der Waals surface area contributed by atoms with E-state index < -0.39 is 10.0 Å². The van der Waals surface area contributed by atoms with Gasteiger partial charge in [-0.1, -0.05) is 29.8 Å². The van der Waals surface area contributed by atoms with E-state index in [1.165, 1.54) is 0 Å². The number of hydrogen-bond acceptors (Lipinski definition) is 4. The molecule has 3 aromatic rings. The molecule has 7 heteroatoms. The Bertz CT molecular complexity index is 1010. The molecule has 0 aliphatic carbocycles. The summed E-state index contributed by atoms with van der Waals surface area (Å²) in [4.78, 5) is 0.209. The van der Waals surface area contributed by atoms with E-state index in [0.29, 0.717) is 18.0 Å². The molecule has 0 atom stereocenters. The largest absolute Gasteiger partial charge is 0.487 e. The molecule has 0 radical (unpaired) electrons. The van der Waals surface area contributed by atoms with Crippen LogP contribution in [-0.4, -0.2) is 18.2 Å². The third-order valence-electron chi connectivity index (χ3n) is 4.18. The highest BCUT2D eigenvalue weighted by molar-refractivity contribution is 7.92. The van der Waals surface area contributed by atoms with Gasteiger partial charge in [0.2, 0.25) is 0 Å². The quantitative estimate of drug-likeness (QED) is 0.721. The van der Waals surface area contributed by atoms with Gasteiger partial charge in [-0.15, -0.1) is 0 Å². The minimum absolute atomic E-state index is 0.209. The van der Waals surface area contributed by atoms with Crippen LogP contribution in [0.3, 0.4) is 0 Å². The highest BCUT2D eigenvalue weighted by atomic mass is 32.2. The summed E-state index contributed by atoms with van der Waals surface area (Å²) in [7, 11) is -1.82. The van der Waals surface area contributed by atoms with E-state index in [0.717, 1.165) is 16.8 Å². The molecular weight excluding hydrogens is 350 g/mol. The van der Waals surface area contributed by atoms with Gasteiger partial charge in [0.15, 0.2) is 0 Å². The number of sulfonamides is 1. The monoisotopic (exact) mass is 371 g/mol. The van der Waals surface area contributed by atoms with E-state index >= 15 is 0 Å². The molecular formula is C19H21N3O3S. The average Bonchev–Trinajstić information content (AvgIpc) is 2.93. The van der Waals surface area contributed by atoms with Crippen molar-refractivity contribution in [3.8, 4) is 5.75 Å². The maximum atomic E-state index is 12.6. The summed E-state index contributed by atoms with van der Waals surface area (Å²) in [6, 6.07) is 13.7. The van der Waals surface area contributed by atoms with Gasteiger partial charge in [-0.2, -0.15) is 5.10 Å². The minimum Gasteiger partial charge on any atom is -0.487 e. The normalized spacial score (nSPS) is 11.3. The Balaban J connectivity index is 1.80. The summed E-state index contributed by atoms with van der Waals surface area (Å²) in [5, 5.41) is 4.18. The molecule has 0 saturated heterocycles. The Morgan fingerprint density at radius 1 is 1.08 bits per heavy atom. The summed E-state index contributed by atoms with van der Waals surface area (Å²) in [5.74, 6) is 0.464. The number of hydrogen-bond donors (Lipinski definition) is 1. The number of benzene rings is 2. The van der Waals surface area contributed by atoms with E-state index in [2.05, 4.69) is 9.82 Å². The van der Waals surface area contributed by atoms with Crippen molar-refractivity contribution in [2.45, 2.75) is 25.3 Å². The zero-order valence-electron chi connectivity index (χ0n) is 14.9. The molecule has 0 bridgehead atoms. The van der Waals surface area contributed by atoms with Crippen LogP contribution in [0.2, 0.25) is 0 Å². The number of aromatic nitrogens is 2. The summed E-state index contributed by atoms with van der Waals surface area (Å²) < 4.78 is 35.4. The first-order chi connectivity index (χ1) is 12.4. The molecule has 1 N–H and O–H groups in total. The molecule has 1 heterocycles. The molecule has 0 unspecified atom stereocenters. The molecule has 0 spiro atoms. The van der Waals surface area contributed by atoms with Crippen molar-refractivity contribution in [1.29, 1.82) is 0 Å². The van der Waals surface area contributed by atoms with Crippen LogP contribution >= 0.6 is 0 Å². The summed E-state index contributed by atoms with van der Waals surface area (Å²) in [5.41, 5.74) is 3.35. The molecule has 0 aliphatic heterocycles. The van der Waals surface area contributed by atoms with Gasteiger partial charge in [-0.3, -0.25) is 9.40 Å². The molecule has 6 nitrogen and oxygen atoms in total. The van der Waals surface area contributed by atoms with E-state index in [1.54, 1.807) is 59.4 Å². The van der Waals surface area contributed by atoms with Crippen LogP contribution in [0.1, 0.15) is 16.8 Å². The third kappa shape index (κ3) is 3.88. The standard InChI is InChI=1S/C19H21N3O3S/c1-14-8-10-17(11-9-14)26(23,24)21-18-6-4-5-7-19(18)25-13-16-12-20-22(3)15(16)2/h4-12,21H,13H2,1-3H3. The molecule has 0 saturated carbocycles. The third-order valence-corrected chi connectivity index (χ3v) is 5.56. The minimum atomic E-state index is -3.69. The van der Waals surface area contributed by atoms with E-state index in [-0.39, 0.29) is 4.90 Å². The van der Waals surface area contributed by atoms with Crippen molar-refractivity contribution in [2.75, 3.05) is 4.72 Å². The van der Waals surface area contributed by atoms with Gasteiger partial charge in [-0.25, -0.2) is 8.42 Å². The molecule has 3 rings (SSSR count). The maximum Gasteiger partial charge on any atom is 0.262 e. The first kappa shape index (κ1) is 18.0. The lowest BCUT2D eigenvalue weighted by Crippen LogP contribution is -2.14. The van der Waals surface area contributed by atoms with Crippen LogP contribution in [-0.2, 0) is 23.7 Å². The number of nitrogens with zero attached hydrogens (tertiary/aromatic N) is 2. The smallest absolute Gasteiger partial charge is 0.262 e. The Morgan fingerprint density at radius 2 is 1.77 bits per heavy atom. The first-order valence-electron chi connectivity index (χ1n) is 8.15. The molecule has 0 fully saturated rings. The van der Waals surface area contributed by atoms with Crippen LogP contribution in [0.25, 0.3) is 0 Å². The fourth-order valence-corrected chi connectivity index (χ4v) is 3.51. The molecule has 1 aromatic heterocycles. The van der Waals surface area contributed by atoms with Crippen LogP contribution in [0.4, 0.5) is 5.69 Å². The Labute approximate surface area is 153 Å². The molecule has 26 heavy (non-hydrogen) atoms. The van der Waals surface area contributed by atoms with Crippen molar-refractivity contribution in [3.05, 3.63) is 71.5 Å². The van der Waals surface area contributed by atoms with Crippen molar-refractivity contribution in [1.82, 2.24) is 9.78 Å². The number of para-hydroxylation sites is 2. The molecule has 0 amide bonds. The predicted molar refractivity (Wildman–Crippen MR) is 101 cm³/mol. The van der Waals surface area contributed by atoms with E-state index in [9.17, 15) is 8.42 Å². The van der Waals surface area contributed by atoms with Crippen LogP contribution in [0.5, 0.6) is 5.75 Å². The summed E-state index contributed by atoms with van der Waals surface area (Å²) in [6.45, 7) is 4.17. The number of aryl methyl sites for hydroxylation is 2. The zero-order valence-corrected chi connectivity index (χ0v) is 15.7. The molecule has 2 aromatic carbocycles. The van der Waals surface area contributed by atoms with E-state index in [1.807, 2.05) is 20.9 Å². The summed E-state index contributed by atoms with van der Waals surface area (Å²) in [6.07, 6.45) is 1.74. The second-order valence-electron chi connectivity index (χ2n) is 6.08. The number of anilines is 1. The Morgan fingerprint density at radius 3 is 2.42 bits per heavy atom. The van der Waals surface area contributed by atoms with Gasteiger partial charge in [0.1, 0.15) is 12.4 Å². The topological polar surface area (TPSA) is 73.2 Å². The van der Waals surface area contributed by atoms with Crippen LogP contribution in [0, 0.1) is 13.8 Å². The highest BCUT2D eigenvalue weighted by Crippen LogP contribution is 2.27. The average molecular weight is 371 g/mol. The van der Waals surface area contributed by atoms with Crippen LogP contribution in [0.15, 0.2) is 59.6 Å². The van der Waals surface area contributed by atoms with Crippen LogP contribution < -0.4 is 9.46 Å². The van der Waals surface area contributed by atoms with Crippen molar-refractivity contribution < 1.29 is 13.2 Å². The number of nitrogens with one attached hydrogen (secondary N) is 1. The van der Waals surface area contributed by atoms with E-state index in [4.69, 9.17) is 4.74 Å². The lowest BCUT2D eigenvalue weighted by Gasteiger charge is -2.13. The predicted octanol–water partition coefficient (Wildman–Crippen LogP) is 3.42. The SMILES string of the molecule is Cc1ccc(S(=O)(=O)Nc2ccccc2OCc2cnn(C)c2C)cc1. The number of rotatable bonds is 6. The second kappa shape index (κ2) is 7.21. The maximum absolute atomic E-state index is 12.6. The summed E-state index contributed by atoms with van der Waals surface area (Å²) >= 11 is 0. The Kier molecular flexibility index (Phi) is 4.99. The lowest BCUT2D eigenvalue weighted by molar-refractivity contribution is 0.307. The van der Waals surface area contributed by atoms with Crippen molar-refractivity contribution in [3.63, 3.8) is 0 Å². The van der Waals surface area contributed by atoms with Gasteiger partial charge < -0.3 is 4.74 Å². The van der Waals surface area contributed by atoms with Gasteiger partial charge >= 0.3 is 0 Å². The molecule has 0 aliphatic rings.